The highest BCUT2D eigenvalue weighted by Crippen LogP contribution is 2.36. The van der Waals surface area contributed by atoms with E-state index in [0.29, 0.717) is 24.2 Å². The molecular formula is C19H23F3N6O. The molecule has 0 bridgehead atoms. The Labute approximate surface area is 166 Å². The van der Waals surface area contributed by atoms with Crippen LogP contribution in [0.4, 0.5) is 24.8 Å². The third-order valence-electron chi connectivity index (χ3n) is 5.00. The fraction of sp³-hybridized carbons (Fsp3) is 0.579. The number of hydrogen-bond acceptors (Lipinski definition) is 6. The summed E-state index contributed by atoms with van der Waals surface area (Å²) >= 11 is 0. The Bertz CT molecular complexity index is 911. The number of nitriles is 1. The zero-order valence-electron chi connectivity index (χ0n) is 16.5. The molecule has 7 nitrogen and oxygen atoms in total. The summed E-state index contributed by atoms with van der Waals surface area (Å²) in [5, 5.41) is 16.5. The van der Waals surface area contributed by atoms with Crippen LogP contribution in [0.25, 0.3) is 0 Å². The lowest BCUT2D eigenvalue weighted by Gasteiger charge is -2.27. The Morgan fingerprint density at radius 1 is 1.38 bits per heavy atom. The van der Waals surface area contributed by atoms with E-state index in [-0.39, 0.29) is 37.2 Å². The molecule has 1 N–H and O–H groups in total. The van der Waals surface area contributed by atoms with Crippen LogP contribution in [0.1, 0.15) is 45.2 Å². The smallest absolute Gasteiger partial charge is 0.255 e. The molecule has 0 aliphatic heterocycles. The zero-order chi connectivity index (χ0) is 21.2. The van der Waals surface area contributed by atoms with Gasteiger partial charge in [-0.25, -0.2) is 13.8 Å². The molecule has 2 heterocycles. The standard InChI is InChI=1S/C19H23F3N6O/c1-12-15(9-28(27-12)18(2,3)11-23)25-17-24-8-14(20)16(26-17)29-10-13-4-6-19(21,22)7-5-13/h8-9,13H,4-7,10H2,1-3H3,(H,24,25,26). The Balaban J connectivity index is 1.68. The molecule has 0 radical (unpaired) electrons. The van der Waals surface area contributed by atoms with Crippen molar-refractivity contribution < 1.29 is 17.9 Å². The number of anilines is 2. The summed E-state index contributed by atoms with van der Waals surface area (Å²) in [5.74, 6) is -3.53. The van der Waals surface area contributed by atoms with Crippen LogP contribution in [0.15, 0.2) is 12.4 Å². The molecular weight excluding hydrogens is 385 g/mol. The van der Waals surface area contributed by atoms with E-state index in [1.54, 1.807) is 27.0 Å². The Hall–Kier alpha value is -2.83. The summed E-state index contributed by atoms with van der Waals surface area (Å²) in [7, 11) is 0. The molecule has 0 amide bonds. The van der Waals surface area contributed by atoms with E-state index < -0.39 is 17.3 Å². The normalized spacial score (nSPS) is 17.0. The predicted octanol–water partition coefficient (Wildman–Crippen LogP) is 4.33. The fourth-order valence-electron chi connectivity index (χ4n) is 3.02. The van der Waals surface area contributed by atoms with Gasteiger partial charge in [0.05, 0.1) is 36.5 Å². The van der Waals surface area contributed by atoms with Gasteiger partial charge in [-0.15, -0.1) is 0 Å². The number of aromatic nitrogens is 4. The van der Waals surface area contributed by atoms with Gasteiger partial charge < -0.3 is 10.1 Å². The second-order valence-electron chi connectivity index (χ2n) is 7.83. The van der Waals surface area contributed by atoms with E-state index in [4.69, 9.17) is 4.74 Å². The maximum absolute atomic E-state index is 14.0. The largest absolute Gasteiger partial charge is 0.475 e. The van der Waals surface area contributed by atoms with Crippen LogP contribution in [0, 0.1) is 30.0 Å². The highest BCUT2D eigenvalue weighted by Gasteiger charge is 2.35. The Morgan fingerprint density at radius 3 is 2.72 bits per heavy atom. The molecule has 0 aromatic carbocycles. The van der Waals surface area contributed by atoms with Crippen molar-refractivity contribution >= 4 is 11.6 Å². The van der Waals surface area contributed by atoms with E-state index in [0.717, 1.165) is 6.20 Å². The highest BCUT2D eigenvalue weighted by molar-refractivity contribution is 5.55. The predicted molar refractivity (Wildman–Crippen MR) is 99.6 cm³/mol. The van der Waals surface area contributed by atoms with Crippen LogP contribution in [0.3, 0.4) is 0 Å². The molecule has 0 unspecified atom stereocenters. The average molecular weight is 408 g/mol. The fourth-order valence-corrected chi connectivity index (χ4v) is 3.02. The monoisotopic (exact) mass is 408 g/mol. The lowest BCUT2D eigenvalue weighted by molar-refractivity contribution is -0.0501. The van der Waals surface area contributed by atoms with Gasteiger partial charge in [-0.1, -0.05) is 0 Å². The molecule has 0 saturated heterocycles. The molecule has 1 aliphatic carbocycles. The van der Waals surface area contributed by atoms with Crippen LogP contribution in [-0.4, -0.2) is 32.3 Å². The van der Waals surface area contributed by atoms with E-state index in [9.17, 15) is 18.4 Å². The van der Waals surface area contributed by atoms with Crippen molar-refractivity contribution in [1.29, 1.82) is 5.26 Å². The van der Waals surface area contributed by atoms with Gasteiger partial charge in [-0.2, -0.15) is 19.7 Å². The summed E-state index contributed by atoms with van der Waals surface area (Å²) in [6.07, 6.45) is 2.94. The summed E-state index contributed by atoms with van der Waals surface area (Å²) in [6.45, 7) is 5.33. The van der Waals surface area contributed by atoms with Gasteiger partial charge in [-0.3, -0.25) is 4.68 Å². The summed E-state index contributed by atoms with van der Waals surface area (Å²) < 4.78 is 47.5. The van der Waals surface area contributed by atoms with Gasteiger partial charge in [0.1, 0.15) is 5.54 Å². The van der Waals surface area contributed by atoms with Crippen molar-refractivity contribution in [2.24, 2.45) is 5.92 Å². The van der Waals surface area contributed by atoms with Gasteiger partial charge in [0.15, 0.2) is 0 Å². The lowest BCUT2D eigenvalue weighted by Crippen LogP contribution is -2.27. The van der Waals surface area contributed by atoms with Crippen molar-refractivity contribution in [2.45, 2.75) is 57.9 Å². The molecule has 1 aliphatic rings. The molecule has 29 heavy (non-hydrogen) atoms. The molecule has 3 rings (SSSR count). The average Bonchev–Trinajstić information content (AvgIpc) is 3.04. The van der Waals surface area contributed by atoms with Crippen LogP contribution in [0.2, 0.25) is 0 Å². The first-order chi connectivity index (χ1) is 13.6. The Morgan fingerprint density at radius 2 is 2.07 bits per heavy atom. The third-order valence-corrected chi connectivity index (χ3v) is 5.00. The maximum Gasteiger partial charge on any atom is 0.255 e. The molecule has 156 valence electrons. The van der Waals surface area contributed by atoms with Gasteiger partial charge in [-0.05, 0) is 39.5 Å². The van der Waals surface area contributed by atoms with Crippen molar-refractivity contribution in [3.05, 3.63) is 23.9 Å². The minimum absolute atomic E-state index is 0.0610. The van der Waals surface area contributed by atoms with E-state index in [2.05, 4.69) is 26.5 Å². The number of halogens is 3. The van der Waals surface area contributed by atoms with Crippen LogP contribution >= 0.6 is 0 Å². The second kappa shape index (κ2) is 7.89. The second-order valence-corrected chi connectivity index (χ2v) is 7.83. The number of ether oxygens (including phenoxy) is 1. The number of nitrogens with zero attached hydrogens (tertiary/aromatic N) is 5. The first-order valence-electron chi connectivity index (χ1n) is 9.38. The molecule has 10 heteroatoms. The molecule has 2 aromatic rings. The molecule has 0 spiro atoms. The van der Waals surface area contributed by atoms with Crippen molar-refractivity contribution in [3.8, 4) is 11.9 Å². The molecule has 1 saturated carbocycles. The minimum Gasteiger partial charge on any atom is -0.475 e. The SMILES string of the molecule is Cc1nn(C(C)(C)C#N)cc1Nc1ncc(F)c(OCC2CCC(F)(F)CC2)n1. The van der Waals surface area contributed by atoms with Crippen LogP contribution in [-0.2, 0) is 5.54 Å². The summed E-state index contributed by atoms with van der Waals surface area (Å²) in [6, 6.07) is 2.16. The lowest BCUT2D eigenvalue weighted by atomic mass is 9.87. The molecule has 0 atom stereocenters. The van der Waals surface area contributed by atoms with Crippen LogP contribution in [0.5, 0.6) is 5.88 Å². The van der Waals surface area contributed by atoms with Gasteiger partial charge in [0.2, 0.25) is 17.7 Å². The number of alkyl halides is 2. The van der Waals surface area contributed by atoms with Crippen molar-refractivity contribution in [1.82, 2.24) is 19.7 Å². The van der Waals surface area contributed by atoms with E-state index >= 15 is 0 Å². The number of aryl methyl sites for hydroxylation is 1. The van der Waals surface area contributed by atoms with Gasteiger partial charge in [0.25, 0.3) is 5.88 Å². The molecule has 1 fully saturated rings. The van der Waals surface area contributed by atoms with Crippen LogP contribution < -0.4 is 10.1 Å². The topological polar surface area (TPSA) is 88.7 Å². The maximum atomic E-state index is 14.0. The van der Waals surface area contributed by atoms with Crippen molar-refractivity contribution in [2.75, 3.05) is 11.9 Å². The number of rotatable bonds is 6. The third kappa shape index (κ3) is 4.96. The van der Waals surface area contributed by atoms with Gasteiger partial charge in [0, 0.05) is 12.8 Å². The first-order valence-corrected chi connectivity index (χ1v) is 9.38. The van der Waals surface area contributed by atoms with Crippen molar-refractivity contribution in [3.63, 3.8) is 0 Å². The number of nitrogens with one attached hydrogen (secondary N) is 1. The van der Waals surface area contributed by atoms with E-state index in [1.807, 2.05) is 0 Å². The quantitative estimate of drug-likeness (QED) is 0.765. The zero-order valence-corrected chi connectivity index (χ0v) is 16.5. The Kier molecular flexibility index (Phi) is 5.68. The minimum atomic E-state index is -2.61. The van der Waals surface area contributed by atoms with Gasteiger partial charge >= 0.3 is 0 Å². The summed E-state index contributed by atoms with van der Waals surface area (Å²) in [5.41, 5.74) is 0.353. The first kappa shape index (κ1) is 20.9. The summed E-state index contributed by atoms with van der Waals surface area (Å²) in [4.78, 5) is 7.95. The molecule has 2 aromatic heterocycles. The van der Waals surface area contributed by atoms with E-state index in [1.165, 1.54) is 4.68 Å². The highest BCUT2D eigenvalue weighted by atomic mass is 19.3. The number of hydrogen-bond donors (Lipinski definition) is 1.